The SMILES string of the molecule is CCOC(=O)[C@H](Cc1ccc(O)cc1)Nc1ncnc2c1ncn2[C@@H]1O[C@H](CO)[C@H](O)C1O. The number of nitrogens with zero attached hydrogens (tertiary/aromatic N) is 4. The molecule has 4 rings (SSSR count). The fourth-order valence-corrected chi connectivity index (χ4v) is 3.72. The number of phenols is 1. The van der Waals surface area contributed by atoms with Crippen LogP contribution >= 0.6 is 0 Å². The van der Waals surface area contributed by atoms with Crippen molar-refractivity contribution in [3.8, 4) is 5.75 Å². The van der Waals surface area contributed by atoms with E-state index in [1.807, 2.05) is 0 Å². The van der Waals surface area contributed by atoms with Gasteiger partial charge in [0.2, 0.25) is 0 Å². The van der Waals surface area contributed by atoms with Crippen LogP contribution in [0.4, 0.5) is 5.82 Å². The smallest absolute Gasteiger partial charge is 0.328 e. The molecule has 0 aliphatic carbocycles. The van der Waals surface area contributed by atoms with Gasteiger partial charge in [-0.3, -0.25) is 4.57 Å². The topological polar surface area (TPSA) is 172 Å². The highest BCUT2D eigenvalue weighted by Crippen LogP contribution is 2.32. The number of hydrogen-bond donors (Lipinski definition) is 5. The zero-order chi connectivity index (χ0) is 23.5. The van der Waals surface area contributed by atoms with Gasteiger partial charge in [-0.25, -0.2) is 19.7 Å². The maximum Gasteiger partial charge on any atom is 0.328 e. The van der Waals surface area contributed by atoms with Gasteiger partial charge in [0.1, 0.15) is 36.4 Å². The van der Waals surface area contributed by atoms with Crippen LogP contribution in [0.2, 0.25) is 0 Å². The predicted molar refractivity (Wildman–Crippen MR) is 114 cm³/mol. The lowest BCUT2D eigenvalue weighted by molar-refractivity contribution is -0.144. The van der Waals surface area contributed by atoms with Crippen LogP contribution in [0.1, 0.15) is 18.7 Å². The minimum absolute atomic E-state index is 0.118. The van der Waals surface area contributed by atoms with Crippen LogP contribution in [0, 0.1) is 0 Å². The number of aromatic hydroxyl groups is 1. The largest absolute Gasteiger partial charge is 0.508 e. The number of hydrogen-bond acceptors (Lipinski definition) is 11. The minimum atomic E-state index is -1.30. The highest BCUT2D eigenvalue weighted by Gasteiger charge is 2.44. The van der Waals surface area contributed by atoms with E-state index >= 15 is 0 Å². The lowest BCUT2D eigenvalue weighted by Gasteiger charge is -2.19. The molecule has 0 spiro atoms. The van der Waals surface area contributed by atoms with E-state index in [2.05, 4.69) is 20.3 Å². The molecule has 1 saturated heterocycles. The first-order valence-corrected chi connectivity index (χ1v) is 10.4. The number of phenolic OH excluding ortho intramolecular Hbond substituents is 1. The Balaban J connectivity index is 1.62. The zero-order valence-corrected chi connectivity index (χ0v) is 17.8. The van der Waals surface area contributed by atoms with E-state index in [1.165, 1.54) is 29.4 Å². The highest BCUT2D eigenvalue weighted by molar-refractivity contribution is 5.86. The van der Waals surface area contributed by atoms with Crippen LogP contribution in [-0.4, -0.2) is 83.5 Å². The third kappa shape index (κ3) is 4.59. The quantitative estimate of drug-likeness (QED) is 0.281. The van der Waals surface area contributed by atoms with Crippen LogP contribution < -0.4 is 5.32 Å². The van der Waals surface area contributed by atoms with Crippen molar-refractivity contribution in [2.24, 2.45) is 0 Å². The van der Waals surface area contributed by atoms with Crippen LogP contribution in [0.15, 0.2) is 36.9 Å². The van der Waals surface area contributed by atoms with E-state index in [9.17, 15) is 25.2 Å². The number of esters is 1. The molecule has 33 heavy (non-hydrogen) atoms. The summed E-state index contributed by atoms with van der Waals surface area (Å²) in [5.41, 5.74) is 1.41. The zero-order valence-electron chi connectivity index (χ0n) is 17.8. The molecule has 1 aromatic carbocycles. The number of aliphatic hydroxyl groups excluding tert-OH is 3. The number of carbonyl (C=O) groups excluding carboxylic acids is 1. The Labute approximate surface area is 188 Å². The molecule has 0 radical (unpaired) electrons. The molecule has 2 aromatic heterocycles. The minimum Gasteiger partial charge on any atom is -0.508 e. The second kappa shape index (κ2) is 9.67. The van der Waals surface area contributed by atoms with Gasteiger partial charge in [-0.1, -0.05) is 12.1 Å². The number of rotatable bonds is 8. The summed E-state index contributed by atoms with van der Waals surface area (Å²) in [6, 6.07) is 5.67. The predicted octanol–water partition coefficient (Wildman–Crippen LogP) is -0.270. The van der Waals surface area contributed by atoms with Gasteiger partial charge >= 0.3 is 5.97 Å². The standard InChI is InChI=1S/C21H25N5O7/c1-2-32-21(31)13(7-11-3-5-12(28)6-4-11)25-18-15-19(23-9-22-18)26(10-24-15)20-17(30)16(29)14(8-27)33-20/h3-6,9-10,13-14,16-17,20,27-30H,2,7-8H2,1H3,(H,22,23,25)/t13-,14+,16-,17?,20+/m0/s1. The van der Waals surface area contributed by atoms with E-state index in [0.717, 1.165) is 5.56 Å². The average Bonchev–Trinajstić information content (AvgIpc) is 3.36. The lowest BCUT2D eigenvalue weighted by Crippen LogP contribution is -2.34. The number of aliphatic hydroxyl groups is 3. The number of nitrogens with one attached hydrogen (secondary N) is 1. The van der Waals surface area contributed by atoms with E-state index < -0.39 is 43.2 Å². The van der Waals surface area contributed by atoms with Crippen molar-refractivity contribution >= 4 is 23.0 Å². The Hall–Kier alpha value is -3.32. The second-order valence-corrected chi connectivity index (χ2v) is 7.59. The van der Waals surface area contributed by atoms with Crippen molar-refractivity contribution in [1.29, 1.82) is 0 Å². The van der Waals surface area contributed by atoms with Gasteiger partial charge < -0.3 is 35.2 Å². The van der Waals surface area contributed by atoms with Gasteiger partial charge in [-0.15, -0.1) is 0 Å². The summed E-state index contributed by atoms with van der Waals surface area (Å²) in [6.45, 7) is 1.45. The summed E-state index contributed by atoms with van der Waals surface area (Å²) in [5.74, 6) is -0.102. The van der Waals surface area contributed by atoms with Crippen molar-refractivity contribution in [3.63, 3.8) is 0 Å². The number of carbonyl (C=O) groups is 1. The molecule has 3 heterocycles. The van der Waals surface area contributed by atoms with Gasteiger partial charge in [0.05, 0.1) is 19.5 Å². The highest BCUT2D eigenvalue weighted by atomic mass is 16.6. The third-order valence-corrected chi connectivity index (χ3v) is 5.41. The Morgan fingerprint density at radius 2 is 1.97 bits per heavy atom. The lowest BCUT2D eigenvalue weighted by atomic mass is 10.1. The number of fused-ring (bicyclic) bond motifs is 1. The molecule has 5 N–H and O–H groups in total. The first kappa shape index (κ1) is 22.9. The average molecular weight is 459 g/mol. The summed E-state index contributed by atoms with van der Waals surface area (Å²) < 4.78 is 12.2. The number of anilines is 1. The van der Waals surface area contributed by atoms with Gasteiger partial charge in [0.25, 0.3) is 0 Å². The summed E-state index contributed by atoms with van der Waals surface area (Å²) in [4.78, 5) is 25.3. The van der Waals surface area contributed by atoms with Crippen molar-refractivity contribution < 1.29 is 34.7 Å². The maximum absolute atomic E-state index is 12.6. The molecule has 1 fully saturated rings. The normalized spacial score (nSPS) is 23.5. The van der Waals surface area contributed by atoms with Crippen LogP contribution in [0.3, 0.4) is 0 Å². The number of ether oxygens (including phenoxy) is 2. The summed E-state index contributed by atoms with van der Waals surface area (Å²) >= 11 is 0. The molecule has 12 nitrogen and oxygen atoms in total. The third-order valence-electron chi connectivity index (χ3n) is 5.41. The first-order chi connectivity index (χ1) is 15.9. The molecule has 1 unspecified atom stereocenters. The molecule has 1 aliphatic heterocycles. The molecule has 0 saturated carbocycles. The Bertz CT molecular complexity index is 1110. The molecular weight excluding hydrogens is 434 g/mol. The van der Waals surface area contributed by atoms with Crippen LogP contribution in [0.25, 0.3) is 11.2 Å². The molecular formula is C21H25N5O7. The monoisotopic (exact) mass is 459 g/mol. The van der Waals surface area contributed by atoms with Crippen molar-refractivity contribution in [1.82, 2.24) is 19.5 Å². The van der Waals surface area contributed by atoms with Crippen molar-refractivity contribution in [3.05, 3.63) is 42.5 Å². The van der Waals surface area contributed by atoms with Crippen LogP contribution in [-0.2, 0) is 20.7 Å². The van der Waals surface area contributed by atoms with E-state index in [4.69, 9.17) is 9.47 Å². The van der Waals surface area contributed by atoms with Crippen molar-refractivity contribution in [2.75, 3.05) is 18.5 Å². The van der Waals surface area contributed by atoms with E-state index in [-0.39, 0.29) is 24.6 Å². The number of imidazole rings is 1. The molecule has 12 heteroatoms. The summed E-state index contributed by atoms with van der Waals surface area (Å²) in [7, 11) is 0. The van der Waals surface area contributed by atoms with E-state index in [1.54, 1.807) is 19.1 Å². The maximum atomic E-state index is 12.6. The first-order valence-electron chi connectivity index (χ1n) is 10.4. The Morgan fingerprint density at radius 1 is 1.21 bits per heavy atom. The Kier molecular flexibility index (Phi) is 6.70. The van der Waals surface area contributed by atoms with Crippen molar-refractivity contribution in [2.45, 2.75) is 43.9 Å². The molecule has 0 amide bonds. The fourth-order valence-electron chi connectivity index (χ4n) is 3.72. The summed E-state index contributed by atoms with van der Waals surface area (Å²) in [5, 5.41) is 42.3. The van der Waals surface area contributed by atoms with Gasteiger partial charge in [0.15, 0.2) is 23.2 Å². The van der Waals surface area contributed by atoms with Gasteiger partial charge in [-0.2, -0.15) is 0 Å². The molecule has 0 bridgehead atoms. The molecule has 3 aromatic rings. The van der Waals surface area contributed by atoms with Gasteiger partial charge in [-0.05, 0) is 24.6 Å². The van der Waals surface area contributed by atoms with Crippen LogP contribution in [0.5, 0.6) is 5.75 Å². The fraction of sp³-hybridized carbons (Fsp3) is 0.429. The number of aromatic nitrogens is 4. The summed E-state index contributed by atoms with van der Waals surface area (Å²) in [6.07, 6.45) is -1.61. The second-order valence-electron chi connectivity index (χ2n) is 7.59. The van der Waals surface area contributed by atoms with Gasteiger partial charge in [0, 0.05) is 6.42 Å². The Morgan fingerprint density at radius 3 is 2.64 bits per heavy atom. The number of benzene rings is 1. The van der Waals surface area contributed by atoms with E-state index in [0.29, 0.717) is 11.2 Å². The molecule has 1 aliphatic rings. The molecule has 5 atom stereocenters. The molecule has 176 valence electrons.